The van der Waals surface area contributed by atoms with Crippen LogP contribution in [-0.2, 0) is 0 Å². The number of halogens is 1. The Balaban J connectivity index is 1.72. The Morgan fingerprint density at radius 2 is 1.96 bits per heavy atom. The van der Waals surface area contributed by atoms with Crippen LogP contribution in [0.5, 0.6) is 0 Å². The first-order valence-electron chi connectivity index (χ1n) is 6.46. The number of rotatable bonds is 4. The van der Waals surface area contributed by atoms with E-state index in [9.17, 15) is 9.59 Å². The Hall–Kier alpha value is -3.13. The lowest BCUT2D eigenvalue weighted by atomic mass is 10.2. The van der Waals surface area contributed by atoms with E-state index in [1.807, 2.05) is 17.1 Å². The maximum absolute atomic E-state index is 11.4. The van der Waals surface area contributed by atoms with E-state index in [0.29, 0.717) is 16.5 Å². The van der Waals surface area contributed by atoms with Gasteiger partial charge in [0.1, 0.15) is 11.5 Å². The van der Waals surface area contributed by atoms with Crippen LogP contribution in [0.4, 0.5) is 5.82 Å². The Morgan fingerprint density at radius 3 is 2.70 bits per heavy atom. The van der Waals surface area contributed by atoms with Gasteiger partial charge in [-0.15, -0.1) is 5.10 Å². The molecule has 2 heterocycles. The quantitative estimate of drug-likeness (QED) is 0.498. The molecule has 0 spiro atoms. The molecule has 0 bridgehead atoms. The number of hydrogen-bond acceptors (Lipinski definition) is 6. The van der Waals surface area contributed by atoms with E-state index in [-0.39, 0.29) is 5.82 Å². The predicted molar refractivity (Wildman–Crippen MR) is 85.8 cm³/mol. The maximum Gasteiger partial charge on any atom is 0.342 e. The van der Waals surface area contributed by atoms with Crippen molar-refractivity contribution in [2.45, 2.75) is 0 Å². The van der Waals surface area contributed by atoms with Crippen LogP contribution < -0.4 is 16.7 Å². The number of furan rings is 1. The number of benzene rings is 1. The molecular formula is C14H10ClN5O3. The lowest BCUT2D eigenvalue weighted by molar-refractivity contribution is 0.575. The number of aromatic nitrogens is 3. The number of H-pyrrole nitrogens is 2. The van der Waals surface area contributed by atoms with E-state index in [4.69, 9.17) is 16.0 Å². The molecule has 0 fully saturated rings. The zero-order chi connectivity index (χ0) is 16.2. The van der Waals surface area contributed by atoms with Crippen LogP contribution in [0.1, 0.15) is 5.76 Å². The van der Waals surface area contributed by atoms with Gasteiger partial charge in [-0.05, 0) is 36.4 Å². The minimum absolute atomic E-state index is 0.134. The number of nitrogens with one attached hydrogen (secondary N) is 3. The molecule has 0 amide bonds. The zero-order valence-corrected chi connectivity index (χ0v) is 12.3. The highest BCUT2D eigenvalue weighted by atomic mass is 35.5. The van der Waals surface area contributed by atoms with Gasteiger partial charge in [0.2, 0.25) is 5.82 Å². The number of hydrogen-bond donors (Lipinski definition) is 3. The minimum atomic E-state index is -0.692. The molecule has 0 atom stereocenters. The van der Waals surface area contributed by atoms with Crippen molar-refractivity contribution in [3.8, 4) is 11.3 Å². The zero-order valence-electron chi connectivity index (χ0n) is 11.5. The SMILES string of the molecule is O=c1[nH]nc(NN=Cc2ccc(-c3ccc(Cl)cc3)o2)c(=O)[nH]1. The van der Waals surface area contributed by atoms with Gasteiger partial charge in [0.15, 0.2) is 0 Å². The van der Waals surface area contributed by atoms with E-state index in [1.54, 1.807) is 24.3 Å². The predicted octanol–water partition coefficient (Wildman–Crippen LogP) is 1.82. The normalized spacial score (nSPS) is 11.0. The van der Waals surface area contributed by atoms with Gasteiger partial charge < -0.3 is 4.42 Å². The number of nitrogens with zero attached hydrogens (tertiary/aromatic N) is 2. The van der Waals surface area contributed by atoms with Crippen molar-refractivity contribution in [3.05, 3.63) is 68.0 Å². The Kier molecular flexibility index (Phi) is 4.07. The van der Waals surface area contributed by atoms with E-state index in [1.165, 1.54) is 6.21 Å². The fourth-order valence-corrected chi connectivity index (χ4v) is 1.90. The summed E-state index contributed by atoms with van der Waals surface area (Å²) in [5.74, 6) is 0.997. The van der Waals surface area contributed by atoms with E-state index >= 15 is 0 Å². The van der Waals surface area contributed by atoms with Gasteiger partial charge in [-0.1, -0.05) is 11.6 Å². The van der Waals surface area contributed by atoms with Gasteiger partial charge in [0.05, 0.1) is 6.21 Å². The molecule has 2 aromatic heterocycles. The van der Waals surface area contributed by atoms with Crippen LogP contribution in [0.25, 0.3) is 11.3 Å². The molecular weight excluding hydrogens is 322 g/mol. The summed E-state index contributed by atoms with van der Waals surface area (Å²) >= 11 is 5.84. The summed E-state index contributed by atoms with van der Waals surface area (Å²) in [5, 5.41) is 10.1. The number of aromatic amines is 2. The lowest BCUT2D eigenvalue weighted by Crippen LogP contribution is -2.25. The molecule has 0 saturated heterocycles. The third-order valence-corrected chi connectivity index (χ3v) is 3.08. The van der Waals surface area contributed by atoms with Crippen molar-refractivity contribution in [1.82, 2.24) is 15.2 Å². The van der Waals surface area contributed by atoms with Crippen molar-refractivity contribution >= 4 is 23.6 Å². The molecule has 23 heavy (non-hydrogen) atoms. The third-order valence-electron chi connectivity index (χ3n) is 2.83. The van der Waals surface area contributed by atoms with Gasteiger partial charge in [-0.2, -0.15) is 5.10 Å². The second-order valence-corrected chi connectivity index (χ2v) is 4.87. The summed E-state index contributed by atoms with van der Waals surface area (Å²) in [7, 11) is 0. The molecule has 0 aliphatic rings. The van der Waals surface area contributed by atoms with Crippen molar-refractivity contribution in [2.24, 2.45) is 5.10 Å². The Morgan fingerprint density at radius 1 is 1.17 bits per heavy atom. The van der Waals surface area contributed by atoms with Gasteiger partial charge in [0, 0.05) is 10.6 Å². The topological polar surface area (TPSA) is 116 Å². The first kappa shape index (κ1) is 14.8. The maximum atomic E-state index is 11.4. The molecule has 0 aliphatic heterocycles. The highest BCUT2D eigenvalue weighted by Crippen LogP contribution is 2.23. The number of hydrazone groups is 1. The van der Waals surface area contributed by atoms with Gasteiger partial charge in [-0.3, -0.25) is 15.2 Å². The average Bonchev–Trinajstić information content (AvgIpc) is 2.99. The van der Waals surface area contributed by atoms with Crippen LogP contribution in [0.15, 0.2) is 55.5 Å². The van der Waals surface area contributed by atoms with Crippen LogP contribution in [0, 0.1) is 0 Å². The molecule has 0 radical (unpaired) electrons. The van der Waals surface area contributed by atoms with E-state index in [0.717, 1.165) is 5.56 Å². The first-order chi connectivity index (χ1) is 11.1. The van der Waals surface area contributed by atoms with Crippen molar-refractivity contribution in [3.63, 3.8) is 0 Å². The fourth-order valence-electron chi connectivity index (χ4n) is 1.77. The summed E-state index contributed by atoms with van der Waals surface area (Å²) in [4.78, 5) is 24.2. The second kappa shape index (κ2) is 6.32. The molecule has 9 heteroatoms. The fraction of sp³-hybridized carbons (Fsp3) is 0. The van der Waals surface area contributed by atoms with Crippen molar-refractivity contribution in [2.75, 3.05) is 5.43 Å². The Labute approximate surface area is 133 Å². The molecule has 0 saturated carbocycles. The summed E-state index contributed by atoms with van der Waals surface area (Å²) in [6.07, 6.45) is 1.38. The van der Waals surface area contributed by atoms with Crippen LogP contribution >= 0.6 is 11.6 Å². The van der Waals surface area contributed by atoms with Crippen LogP contribution in [0.3, 0.4) is 0 Å². The first-order valence-corrected chi connectivity index (χ1v) is 6.83. The standard InChI is InChI=1S/C14H10ClN5O3/c15-9-3-1-8(2-4-9)11-6-5-10(23-11)7-16-18-12-13(21)17-14(22)20-19-12/h1-7H,(H,18,19)(H2,17,20,21,22). The lowest BCUT2D eigenvalue weighted by Gasteiger charge is -1.96. The van der Waals surface area contributed by atoms with Gasteiger partial charge in [-0.25, -0.2) is 9.89 Å². The summed E-state index contributed by atoms with van der Waals surface area (Å²) in [6.45, 7) is 0. The molecule has 0 aliphatic carbocycles. The van der Waals surface area contributed by atoms with Crippen LogP contribution in [0.2, 0.25) is 5.02 Å². The van der Waals surface area contributed by atoms with Gasteiger partial charge in [0.25, 0.3) is 5.56 Å². The van der Waals surface area contributed by atoms with Crippen LogP contribution in [-0.4, -0.2) is 21.4 Å². The number of anilines is 1. The third kappa shape index (κ3) is 3.55. The largest absolute Gasteiger partial charge is 0.455 e. The molecule has 3 aromatic rings. The average molecular weight is 332 g/mol. The van der Waals surface area contributed by atoms with E-state index < -0.39 is 11.2 Å². The molecule has 1 aromatic carbocycles. The second-order valence-electron chi connectivity index (χ2n) is 4.43. The summed E-state index contributed by atoms with van der Waals surface area (Å²) in [6, 6.07) is 10.7. The summed E-state index contributed by atoms with van der Waals surface area (Å²) in [5.41, 5.74) is 1.92. The highest BCUT2D eigenvalue weighted by molar-refractivity contribution is 6.30. The molecule has 3 rings (SSSR count). The molecule has 3 N–H and O–H groups in total. The van der Waals surface area contributed by atoms with E-state index in [2.05, 4.69) is 20.7 Å². The monoisotopic (exact) mass is 331 g/mol. The molecule has 8 nitrogen and oxygen atoms in total. The molecule has 116 valence electrons. The highest BCUT2D eigenvalue weighted by Gasteiger charge is 2.04. The smallest absolute Gasteiger partial charge is 0.342 e. The summed E-state index contributed by atoms with van der Waals surface area (Å²) < 4.78 is 5.60. The van der Waals surface area contributed by atoms with Crippen molar-refractivity contribution in [1.29, 1.82) is 0 Å². The van der Waals surface area contributed by atoms with Crippen molar-refractivity contribution < 1.29 is 4.42 Å². The van der Waals surface area contributed by atoms with Gasteiger partial charge >= 0.3 is 5.69 Å². The molecule has 0 unspecified atom stereocenters. The minimum Gasteiger partial charge on any atom is -0.455 e. The Bertz CT molecular complexity index is 955.